The quantitative estimate of drug-likeness (QED) is 0.856. The van der Waals surface area contributed by atoms with Crippen LogP contribution in [0.5, 0.6) is 0 Å². The van der Waals surface area contributed by atoms with Gasteiger partial charge in [0.05, 0.1) is 10.5 Å². The van der Waals surface area contributed by atoms with Gasteiger partial charge in [-0.15, -0.1) is 0 Å². The summed E-state index contributed by atoms with van der Waals surface area (Å²) >= 11 is 0. The van der Waals surface area contributed by atoms with Gasteiger partial charge in [0, 0.05) is 6.54 Å². The van der Waals surface area contributed by atoms with Gasteiger partial charge in [-0.25, -0.2) is 12.8 Å². The Hall–Kier alpha value is -1.91. The van der Waals surface area contributed by atoms with Gasteiger partial charge < -0.3 is 5.11 Å². The molecule has 111 valence electrons. The lowest BCUT2D eigenvalue weighted by Gasteiger charge is -2.31. The van der Waals surface area contributed by atoms with Crippen LogP contribution < -0.4 is 0 Å². The van der Waals surface area contributed by atoms with Crippen LogP contribution in [0.1, 0.15) is 24.8 Å². The zero-order chi connectivity index (χ0) is 15.6. The van der Waals surface area contributed by atoms with Crippen LogP contribution in [0.15, 0.2) is 23.1 Å². The molecule has 0 bridgehead atoms. The molecule has 0 amide bonds. The molecule has 1 fully saturated rings. The fraction of sp³-hybridized carbons (Fsp3) is 0.357. The molecule has 1 radical (unpaired) electrons. The summed E-state index contributed by atoms with van der Waals surface area (Å²) in [6.45, 7) is 0.0966. The second-order valence-electron chi connectivity index (χ2n) is 4.73. The van der Waals surface area contributed by atoms with Gasteiger partial charge in [0.1, 0.15) is 11.9 Å². The molecule has 1 atom stereocenters. The molecule has 1 aliphatic heterocycles. The van der Waals surface area contributed by atoms with Crippen molar-refractivity contribution in [2.45, 2.75) is 30.2 Å². The molecule has 0 unspecified atom stereocenters. The minimum atomic E-state index is -4.08. The standard InChI is InChI=1S/C14H13FNO4S/c1-2-10-6-7-11(9-12(10)15)21(19,20)16-8-4-3-5-13(16)14(17)18/h6-7,9,13H,3-5,8H2,(H,17,18)/t13-/m1/s1. The summed E-state index contributed by atoms with van der Waals surface area (Å²) in [5.41, 5.74) is -0.151. The average Bonchev–Trinajstić information content (AvgIpc) is 2.47. The number of hydrogen-bond donors (Lipinski definition) is 1. The van der Waals surface area contributed by atoms with E-state index in [0.29, 0.717) is 12.8 Å². The fourth-order valence-electron chi connectivity index (χ4n) is 2.33. The first kappa shape index (κ1) is 15.5. The van der Waals surface area contributed by atoms with E-state index in [-0.39, 0.29) is 23.4 Å². The van der Waals surface area contributed by atoms with E-state index in [1.807, 2.05) is 5.92 Å². The van der Waals surface area contributed by atoms with Crippen LogP contribution in [0.3, 0.4) is 0 Å². The number of carboxylic acid groups (broad SMARTS) is 1. The van der Waals surface area contributed by atoms with E-state index in [0.717, 1.165) is 22.5 Å². The number of hydrogen-bond acceptors (Lipinski definition) is 3. The predicted octanol–water partition coefficient (Wildman–Crippen LogP) is 1.39. The smallest absolute Gasteiger partial charge is 0.322 e. The summed E-state index contributed by atoms with van der Waals surface area (Å²) in [6.07, 6.45) is 8.31. The molecule has 5 nitrogen and oxygen atoms in total. The molecule has 0 aromatic heterocycles. The lowest BCUT2D eigenvalue weighted by atomic mass is 10.1. The number of piperidine rings is 1. The Morgan fingerprint density at radius 3 is 2.71 bits per heavy atom. The van der Waals surface area contributed by atoms with Crippen molar-refractivity contribution < 1.29 is 22.7 Å². The molecular formula is C14H13FNO4S. The number of carboxylic acids is 1. The first-order valence-electron chi connectivity index (χ1n) is 6.35. The van der Waals surface area contributed by atoms with Gasteiger partial charge in [0.15, 0.2) is 0 Å². The van der Waals surface area contributed by atoms with Gasteiger partial charge in [-0.1, -0.05) is 0 Å². The van der Waals surface area contributed by atoms with E-state index >= 15 is 0 Å². The third-order valence-corrected chi connectivity index (χ3v) is 5.32. The summed E-state index contributed by atoms with van der Waals surface area (Å²) < 4.78 is 39.5. The average molecular weight is 310 g/mol. The van der Waals surface area contributed by atoms with Crippen LogP contribution in [0.25, 0.3) is 0 Å². The lowest BCUT2D eigenvalue weighted by Crippen LogP contribution is -2.47. The highest BCUT2D eigenvalue weighted by atomic mass is 32.2. The zero-order valence-corrected chi connectivity index (χ0v) is 11.9. The van der Waals surface area contributed by atoms with Crippen LogP contribution in [0, 0.1) is 18.2 Å². The number of benzene rings is 1. The van der Waals surface area contributed by atoms with Crippen molar-refractivity contribution >= 4 is 16.0 Å². The molecule has 2 rings (SSSR count). The second-order valence-corrected chi connectivity index (χ2v) is 6.62. The van der Waals surface area contributed by atoms with Crippen LogP contribution in [0.2, 0.25) is 0 Å². The highest BCUT2D eigenvalue weighted by Gasteiger charge is 2.37. The van der Waals surface area contributed by atoms with Crippen LogP contribution in [-0.2, 0) is 14.8 Å². The van der Waals surface area contributed by atoms with Crippen molar-refractivity contribution in [2.75, 3.05) is 6.54 Å². The van der Waals surface area contributed by atoms with Gasteiger partial charge in [-0.05, 0) is 49.8 Å². The Bertz CT molecular complexity index is 708. The summed E-state index contributed by atoms with van der Waals surface area (Å²) in [5, 5.41) is 9.14. The summed E-state index contributed by atoms with van der Waals surface area (Å²) in [7, 11) is -4.08. The van der Waals surface area contributed by atoms with Crippen LogP contribution in [-0.4, -0.2) is 36.4 Å². The van der Waals surface area contributed by atoms with E-state index in [9.17, 15) is 17.6 Å². The zero-order valence-electron chi connectivity index (χ0n) is 11.0. The molecule has 1 aromatic carbocycles. The van der Waals surface area contributed by atoms with E-state index in [4.69, 9.17) is 11.5 Å². The van der Waals surface area contributed by atoms with E-state index < -0.39 is 27.9 Å². The number of halogens is 1. The van der Waals surface area contributed by atoms with Gasteiger partial charge in [-0.2, -0.15) is 4.31 Å². The Labute approximate surface area is 122 Å². The molecule has 1 aromatic rings. The highest BCUT2D eigenvalue weighted by molar-refractivity contribution is 7.89. The van der Waals surface area contributed by atoms with Gasteiger partial charge in [0.25, 0.3) is 0 Å². The summed E-state index contributed by atoms with van der Waals surface area (Å²) in [6, 6.07) is 1.96. The number of carbonyl (C=O) groups is 1. The van der Waals surface area contributed by atoms with Crippen LogP contribution in [0.4, 0.5) is 4.39 Å². The normalized spacial score (nSPS) is 19.9. The monoisotopic (exact) mass is 310 g/mol. The third-order valence-electron chi connectivity index (χ3n) is 3.42. The Morgan fingerprint density at radius 1 is 1.43 bits per heavy atom. The van der Waals surface area contributed by atoms with Gasteiger partial charge >= 0.3 is 5.97 Å². The Kier molecular flexibility index (Phi) is 4.30. The maximum absolute atomic E-state index is 13.6. The van der Waals surface area contributed by atoms with Crippen molar-refractivity contribution in [3.8, 4) is 5.92 Å². The molecule has 0 saturated carbocycles. The first-order valence-corrected chi connectivity index (χ1v) is 7.79. The maximum Gasteiger partial charge on any atom is 0.322 e. The SMILES string of the molecule is [C]#Cc1ccc(S(=O)(=O)N2CCCC[C@@H]2C(=O)O)cc1F. The molecule has 1 aliphatic rings. The summed E-state index contributed by atoms with van der Waals surface area (Å²) in [4.78, 5) is 10.9. The third kappa shape index (κ3) is 2.91. The second kappa shape index (κ2) is 5.84. The molecule has 21 heavy (non-hydrogen) atoms. The fourth-order valence-corrected chi connectivity index (χ4v) is 4.00. The largest absolute Gasteiger partial charge is 0.480 e. The topological polar surface area (TPSA) is 74.7 Å². The molecule has 0 spiro atoms. The Balaban J connectivity index is 2.43. The van der Waals surface area contributed by atoms with Crippen molar-refractivity contribution in [1.29, 1.82) is 0 Å². The first-order chi connectivity index (χ1) is 9.87. The molecule has 1 N–H and O–H groups in total. The maximum atomic E-state index is 13.6. The molecule has 1 heterocycles. The minimum absolute atomic E-state index is 0.0966. The predicted molar refractivity (Wildman–Crippen MR) is 71.8 cm³/mol. The number of rotatable bonds is 3. The number of aliphatic carboxylic acids is 1. The van der Waals surface area contributed by atoms with Crippen molar-refractivity contribution in [3.63, 3.8) is 0 Å². The van der Waals surface area contributed by atoms with Crippen LogP contribution >= 0.6 is 0 Å². The minimum Gasteiger partial charge on any atom is -0.480 e. The van der Waals surface area contributed by atoms with Crippen molar-refractivity contribution in [1.82, 2.24) is 4.31 Å². The van der Waals surface area contributed by atoms with E-state index in [1.165, 1.54) is 0 Å². The van der Waals surface area contributed by atoms with Gasteiger partial charge in [-0.3, -0.25) is 4.79 Å². The van der Waals surface area contributed by atoms with Gasteiger partial charge in [0.2, 0.25) is 10.0 Å². The van der Waals surface area contributed by atoms with Crippen molar-refractivity contribution in [3.05, 3.63) is 36.0 Å². The molecule has 1 saturated heterocycles. The van der Waals surface area contributed by atoms with E-state index in [2.05, 4.69) is 0 Å². The highest BCUT2D eigenvalue weighted by Crippen LogP contribution is 2.26. The van der Waals surface area contributed by atoms with E-state index in [1.54, 1.807) is 0 Å². The van der Waals surface area contributed by atoms with Crippen molar-refractivity contribution in [2.24, 2.45) is 0 Å². The molecule has 0 aliphatic carbocycles. The Morgan fingerprint density at radius 2 is 2.14 bits per heavy atom. The molecule has 7 heteroatoms. The lowest BCUT2D eigenvalue weighted by molar-refractivity contribution is -0.142. The summed E-state index contributed by atoms with van der Waals surface area (Å²) in [5.74, 6) is -0.232. The molecular weight excluding hydrogens is 297 g/mol. The number of sulfonamides is 1. The number of nitrogens with zero attached hydrogens (tertiary/aromatic N) is 1.